The zero-order valence-electron chi connectivity index (χ0n) is 18.1. The molecule has 1 aromatic heterocycles. The molecule has 0 unspecified atom stereocenters. The smallest absolute Gasteiger partial charge is 0.133 e. The third-order valence-electron chi connectivity index (χ3n) is 5.41. The molecule has 1 aromatic carbocycles. The predicted molar refractivity (Wildman–Crippen MR) is 125 cm³/mol. The van der Waals surface area contributed by atoms with E-state index < -0.39 is 5.82 Å². The van der Waals surface area contributed by atoms with Crippen LogP contribution in [0, 0.1) is 16.6 Å². The highest BCUT2D eigenvalue weighted by Crippen LogP contribution is 2.25. The van der Waals surface area contributed by atoms with E-state index in [-0.39, 0.29) is 23.6 Å². The van der Waals surface area contributed by atoms with Crippen molar-refractivity contribution in [1.29, 1.82) is 10.8 Å². The summed E-state index contributed by atoms with van der Waals surface area (Å²) in [5.74, 6) is 0.157. The summed E-state index contributed by atoms with van der Waals surface area (Å²) in [5, 5.41) is 28.0. The van der Waals surface area contributed by atoms with E-state index in [1.54, 1.807) is 13.1 Å². The molecule has 0 spiro atoms. The van der Waals surface area contributed by atoms with Crippen LogP contribution in [0.3, 0.4) is 0 Å². The Morgan fingerprint density at radius 3 is 2.62 bits per heavy atom. The van der Waals surface area contributed by atoms with E-state index >= 15 is 0 Å². The number of nitrogen functional groups attached to an aromatic ring is 1. The molecule has 6 N–H and O–H groups in total. The Morgan fingerprint density at radius 2 is 1.97 bits per heavy atom. The lowest BCUT2D eigenvalue weighted by molar-refractivity contribution is 0.215. The second kappa shape index (κ2) is 10.8. The molecule has 0 saturated carbocycles. The molecule has 0 amide bonds. The van der Waals surface area contributed by atoms with Gasteiger partial charge in [-0.3, -0.25) is 10.3 Å². The molecular formula is C22H29FN8O. The van der Waals surface area contributed by atoms with Crippen LogP contribution in [-0.4, -0.2) is 78.3 Å². The molecule has 0 radical (unpaired) electrons. The Hall–Kier alpha value is -3.37. The Morgan fingerprint density at radius 1 is 1.22 bits per heavy atom. The maximum absolute atomic E-state index is 14.5. The van der Waals surface area contributed by atoms with Crippen LogP contribution in [0.5, 0.6) is 0 Å². The van der Waals surface area contributed by atoms with Gasteiger partial charge < -0.3 is 26.5 Å². The molecule has 3 rings (SSSR count). The van der Waals surface area contributed by atoms with Gasteiger partial charge in [-0.2, -0.15) is 0 Å². The Bertz CT molecular complexity index is 1000. The lowest BCUT2D eigenvalue weighted by atomic mass is 9.98. The summed E-state index contributed by atoms with van der Waals surface area (Å²) in [4.78, 5) is 13.0. The maximum Gasteiger partial charge on any atom is 0.133 e. The van der Waals surface area contributed by atoms with E-state index in [1.807, 2.05) is 0 Å². The van der Waals surface area contributed by atoms with Gasteiger partial charge in [0.05, 0.1) is 11.4 Å². The van der Waals surface area contributed by atoms with Gasteiger partial charge >= 0.3 is 0 Å². The standard InChI is InChI=1S/C22H29FN8O/c1-27-13-15(12-24)16-9-17(19(25)10-18(16)23)22(26)20-11-21(29-14-28-20)31-6-4-30(5-7-31)3-2-8-32/h9-14,24,26-27,32H,2-8,25H2,1H3/b15-13+,24-12?,26-22?. The van der Waals surface area contributed by atoms with Crippen molar-refractivity contribution >= 4 is 29.0 Å². The number of anilines is 2. The molecule has 1 saturated heterocycles. The lowest BCUT2D eigenvalue weighted by Gasteiger charge is -2.35. The summed E-state index contributed by atoms with van der Waals surface area (Å²) in [6, 6.07) is 4.39. The third-order valence-corrected chi connectivity index (χ3v) is 5.41. The number of nitrogens with one attached hydrogen (secondary N) is 3. The molecule has 2 aromatic rings. The number of hydrogen-bond acceptors (Lipinski definition) is 9. The van der Waals surface area contributed by atoms with Gasteiger partial charge in [0, 0.05) is 87.2 Å². The second-order valence-electron chi connectivity index (χ2n) is 7.49. The molecule has 10 heteroatoms. The van der Waals surface area contributed by atoms with Crippen molar-refractivity contribution in [2.75, 3.05) is 57.0 Å². The molecule has 1 aliphatic rings. The van der Waals surface area contributed by atoms with Crippen LogP contribution in [0.2, 0.25) is 0 Å². The second-order valence-corrected chi connectivity index (χ2v) is 7.49. The van der Waals surface area contributed by atoms with Crippen LogP contribution in [0.15, 0.2) is 30.7 Å². The number of halogens is 1. The monoisotopic (exact) mass is 440 g/mol. The molecule has 1 aliphatic heterocycles. The van der Waals surface area contributed by atoms with Gasteiger partial charge in [-0.05, 0) is 18.6 Å². The zero-order valence-corrected chi connectivity index (χ0v) is 18.1. The Balaban J connectivity index is 1.83. The summed E-state index contributed by atoms with van der Waals surface area (Å²) in [7, 11) is 1.66. The van der Waals surface area contributed by atoms with Crippen LogP contribution >= 0.6 is 0 Å². The summed E-state index contributed by atoms with van der Waals surface area (Å²) in [6.45, 7) is 4.38. The van der Waals surface area contributed by atoms with Crippen molar-refractivity contribution in [1.82, 2.24) is 20.2 Å². The van der Waals surface area contributed by atoms with Crippen LogP contribution in [0.4, 0.5) is 15.9 Å². The number of rotatable bonds is 9. The molecule has 9 nitrogen and oxygen atoms in total. The van der Waals surface area contributed by atoms with Crippen molar-refractivity contribution in [3.63, 3.8) is 0 Å². The van der Waals surface area contributed by atoms with Gasteiger partial charge in [0.15, 0.2) is 0 Å². The highest BCUT2D eigenvalue weighted by molar-refractivity contribution is 6.15. The number of nitrogens with two attached hydrogens (primary N) is 1. The lowest BCUT2D eigenvalue weighted by Crippen LogP contribution is -2.47. The molecule has 2 heterocycles. The molecule has 170 valence electrons. The predicted octanol–water partition coefficient (Wildman–Crippen LogP) is 1.33. The first-order valence-electron chi connectivity index (χ1n) is 10.4. The van der Waals surface area contributed by atoms with Crippen molar-refractivity contribution in [3.05, 3.63) is 53.4 Å². The van der Waals surface area contributed by atoms with Crippen molar-refractivity contribution in [2.45, 2.75) is 6.42 Å². The van der Waals surface area contributed by atoms with E-state index in [9.17, 15) is 4.39 Å². The minimum atomic E-state index is -0.563. The normalized spacial score (nSPS) is 15.0. The van der Waals surface area contributed by atoms with E-state index in [2.05, 4.69) is 25.1 Å². The number of aromatic nitrogens is 2. The minimum Gasteiger partial charge on any atom is -0.398 e. The highest BCUT2D eigenvalue weighted by atomic mass is 19.1. The SMILES string of the molecule is CN/C=C(\C=N)c1cc(C(=N)c2cc(N3CCN(CCCO)CC3)ncn2)c(N)cc1F. The van der Waals surface area contributed by atoms with Gasteiger partial charge in [-0.1, -0.05) is 0 Å². The number of allylic oxidation sites excluding steroid dienone is 1. The number of aliphatic hydroxyl groups is 1. The third kappa shape index (κ3) is 5.27. The van der Waals surface area contributed by atoms with Crippen molar-refractivity contribution in [2.24, 2.45) is 0 Å². The fourth-order valence-corrected chi connectivity index (χ4v) is 3.67. The molecule has 0 bridgehead atoms. The van der Waals surface area contributed by atoms with Gasteiger partial charge in [0.25, 0.3) is 0 Å². The molecule has 32 heavy (non-hydrogen) atoms. The Kier molecular flexibility index (Phi) is 7.85. The summed E-state index contributed by atoms with van der Waals surface area (Å²) >= 11 is 0. The number of aliphatic hydroxyl groups excluding tert-OH is 1. The fourth-order valence-electron chi connectivity index (χ4n) is 3.67. The largest absolute Gasteiger partial charge is 0.398 e. The minimum absolute atomic E-state index is 0.0581. The van der Waals surface area contributed by atoms with Crippen LogP contribution in [0.1, 0.15) is 23.2 Å². The van der Waals surface area contributed by atoms with Gasteiger partial charge in [-0.25, -0.2) is 14.4 Å². The number of hydrogen-bond donors (Lipinski definition) is 5. The van der Waals surface area contributed by atoms with Crippen LogP contribution in [-0.2, 0) is 0 Å². The zero-order chi connectivity index (χ0) is 23.1. The summed E-state index contributed by atoms with van der Waals surface area (Å²) in [5.41, 5.74) is 7.45. The average molecular weight is 441 g/mol. The summed E-state index contributed by atoms with van der Waals surface area (Å²) < 4.78 is 14.5. The van der Waals surface area contributed by atoms with E-state index in [4.69, 9.17) is 21.7 Å². The highest BCUT2D eigenvalue weighted by Gasteiger charge is 2.20. The number of piperazine rings is 1. The topological polar surface area (TPSA) is 138 Å². The van der Waals surface area contributed by atoms with E-state index in [0.29, 0.717) is 16.8 Å². The van der Waals surface area contributed by atoms with Crippen molar-refractivity contribution in [3.8, 4) is 0 Å². The van der Waals surface area contributed by atoms with E-state index in [0.717, 1.165) is 51.2 Å². The average Bonchev–Trinajstić information content (AvgIpc) is 2.81. The first-order chi connectivity index (χ1) is 15.5. The fraction of sp³-hybridized carbons (Fsp3) is 0.364. The van der Waals surface area contributed by atoms with Gasteiger partial charge in [-0.15, -0.1) is 0 Å². The molecule has 0 atom stereocenters. The van der Waals surface area contributed by atoms with Gasteiger partial charge in [0.2, 0.25) is 0 Å². The molecular weight excluding hydrogens is 411 g/mol. The number of benzene rings is 1. The van der Waals surface area contributed by atoms with Gasteiger partial charge in [0.1, 0.15) is 18.0 Å². The first kappa shape index (κ1) is 23.3. The van der Waals surface area contributed by atoms with Crippen molar-refractivity contribution < 1.29 is 9.50 Å². The van der Waals surface area contributed by atoms with Crippen LogP contribution in [0.25, 0.3) is 5.57 Å². The number of nitrogens with zero attached hydrogens (tertiary/aromatic N) is 4. The quantitative estimate of drug-likeness (QED) is 0.293. The first-order valence-corrected chi connectivity index (χ1v) is 10.4. The molecule has 0 aliphatic carbocycles. The summed E-state index contributed by atoms with van der Waals surface area (Å²) in [6.07, 6.45) is 4.74. The molecule has 1 fully saturated rings. The van der Waals surface area contributed by atoms with E-state index in [1.165, 1.54) is 24.7 Å². The Labute approximate surface area is 186 Å². The van der Waals surface area contributed by atoms with Crippen LogP contribution < -0.4 is 16.0 Å². The maximum atomic E-state index is 14.5.